The second kappa shape index (κ2) is 11.0. The molecule has 166 valence electrons. The molecule has 1 unspecified atom stereocenters. The number of nitrogens with one attached hydrogen (secondary N) is 2. The Balaban J connectivity index is 1.47. The number of carbonyl (C=O) groups excluding carboxylic acids is 2. The largest absolute Gasteiger partial charge is 0.467 e. The second-order valence-electron chi connectivity index (χ2n) is 7.76. The monoisotopic (exact) mass is 418 g/mol. The van der Waals surface area contributed by atoms with Crippen molar-refractivity contribution in [3.05, 3.63) is 24.2 Å². The summed E-state index contributed by atoms with van der Waals surface area (Å²) in [7, 11) is 0. The highest BCUT2D eigenvalue weighted by atomic mass is 16.3. The zero-order valence-corrected chi connectivity index (χ0v) is 18.1. The number of hydrogen-bond donors (Lipinski definition) is 2. The minimum Gasteiger partial charge on any atom is -0.467 e. The number of likely N-dealkylation sites (tertiary alicyclic amines) is 1. The smallest absolute Gasteiger partial charge is 0.242 e. The summed E-state index contributed by atoms with van der Waals surface area (Å²) in [5.74, 6) is 1.55. The van der Waals surface area contributed by atoms with Gasteiger partial charge in [0, 0.05) is 45.8 Å². The van der Waals surface area contributed by atoms with Crippen LogP contribution in [-0.2, 0) is 16.1 Å². The van der Waals surface area contributed by atoms with Gasteiger partial charge in [-0.3, -0.25) is 14.5 Å². The summed E-state index contributed by atoms with van der Waals surface area (Å²) in [6, 6.07) is 3.53. The molecule has 0 radical (unpaired) electrons. The van der Waals surface area contributed by atoms with Gasteiger partial charge in [0.15, 0.2) is 5.96 Å². The summed E-state index contributed by atoms with van der Waals surface area (Å²) in [5, 5.41) is 6.08. The van der Waals surface area contributed by atoms with Crippen LogP contribution in [0.1, 0.15) is 32.4 Å². The van der Waals surface area contributed by atoms with Crippen molar-refractivity contribution in [1.29, 1.82) is 0 Å². The topological polar surface area (TPSA) is 93.4 Å². The Hall–Kier alpha value is -2.55. The summed E-state index contributed by atoms with van der Waals surface area (Å²) in [4.78, 5) is 35.7. The molecular weight excluding hydrogens is 384 g/mol. The van der Waals surface area contributed by atoms with E-state index in [1.165, 1.54) is 0 Å². The van der Waals surface area contributed by atoms with Crippen molar-refractivity contribution in [3.8, 4) is 0 Å². The highest BCUT2D eigenvalue weighted by Gasteiger charge is 2.30. The maximum atomic E-state index is 12.7. The van der Waals surface area contributed by atoms with Gasteiger partial charge in [-0.05, 0) is 38.8 Å². The molecule has 0 bridgehead atoms. The molecule has 3 rings (SSSR count). The van der Waals surface area contributed by atoms with Gasteiger partial charge in [-0.25, -0.2) is 4.99 Å². The van der Waals surface area contributed by atoms with Crippen molar-refractivity contribution in [1.82, 2.24) is 25.3 Å². The van der Waals surface area contributed by atoms with E-state index in [1.54, 1.807) is 12.3 Å². The van der Waals surface area contributed by atoms with E-state index in [4.69, 9.17) is 4.42 Å². The fourth-order valence-corrected chi connectivity index (χ4v) is 3.91. The number of furan rings is 1. The number of guanidine groups is 1. The third-order valence-corrected chi connectivity index (χ3v) is 5.68. The molecular formula is C21H34N6O3. The molecule has 2 aliphatic heterocycles. The normalized spacial score (nSPS) is 19.1. The van der Waals surface area contributed by atoms with Gasteiger partial charge in [0.25, 0.3) is 0 Å². The SMILES string of the molecule is CCNC(=NCC(=O)NCc1ccco1)N1CCN(C(C)C(=O)N2CCCC2)CC1. The molecule has 2 N–H and O–H groups in total. The number of rotatable bonds is 7. The second-order valence-corrected chi connectivity index (χ2v) is 7.76. The zero-order chi connectivity index (χ0) is 21.3. The molecule has 1 atom stereocenters. The first-order valence-corrected chi connectivity index (χ1v) is 10.9. The number of amides is 2. The Kier molecular flexibility index (Phi) is 8.12. The number of piperazine rings is 1. The van der Waals surface area contributed by atoms with Gasteiger partial charge in [-0.2, -0.15) is 0 Å². The minimum atomic E-state index is -0.148. The molecule has 3 heterocycles. The minimum absolute atomic E-state index is 0.0626. The number of carbonyl (C=O) groups is 2. The van der Waals surface area contributed by atoms with Gasteiger partial charge >= 0.3 is 0 Å². The van der Waals surface area contributed by atoms with Crippen LogP contribution < -0.4 is 10.6 Å². The maximum Gasteiger partial charge on any atom is 0.242 e. The summed E-state index contributed by atoms with van der Waals surface area (Å²) >= 11 is 0. The van der Waals surface area contributed by atoms with Gasteiger partial charge in [-0.15, -0.1) is 0 Å². The lowest BCUT2D eigenvalue weighted by Gasteiger charge is -2.39. The zero-order valence-electron chi connectivity index (χ0n) is 18.1. The molecule has 30 heavy (non-hydrogen) atoms. The highest BCUT2D eigenvalue weighted by molar-refractivity contribution is 5.85. The van der Waals surface area contributed by atoms with E-state index in [0.717, 1.165) is 64.6 Å². The number of aliphatic imine (C=N–C) groups is 1. The first-order valence-electron chi connectivity index (χ1n) is 10.9. The third kappa shape index (κ3) is 5.98. The molecule has 2 amide bonds. The van der Waals surface area contributed by atoms with Gasteiger partial charge < -0.3 is 24.9 Å². The summed E-state index contributed by atoms with van der Waals surface area (Å²) in [6.07, 6.45) is 3.82. The van der Waals surface area contributed by atoms with E-state index in [-0.39, 0.29) is 24.4 Å². The molecule has 0 aliphatic carbocycles. The Morgan fingerprint density at radius 2 is 1.83 bits per heavy atom. The van der Waals surface area contributed by atoms with Crippen LogP contribution in [0.25, 0.3) is 0 Å². The van der Waals surface area contributed by atoms with Crippen LogP contribution in [0.4, 0.5) is 0 Å². The Morgan fingerprint density at radius 1 is 1.10 bits per heavy atom. The number of nitrogens with zero attached hydrogens (tertiary/aromatic N) is 4. The Labute approximate surface area is 178 Å². The van der Waals surface area contributed by atoms with E-state index in [0.29, 0.717) is 12.3 Å². The van der Waals surface area contributed by atoms with Crippen molar-refractivity contribution in [3.63, 3.8) is 0 Å². The fraction of sp³-hybridized carbons (Fsp3) is 0.667. The maximum absolute atomic E-state index is 12.7. The van der Waals surface area contributed by atoms with Crippen LogP contribution >= 0.6 is 0 Å². The molecule has 1 aromatic rings. The summed E-state index contributed by atoms with van der Waals surface area (Å²) in [6.45, 7) is 10.1. The van der Waals surface area contributed by atoms with Crippen LogP contribution in [-0.4, -0.2) is 90.9 Å². The molecule has 0 saturated carbocycles. The van der Waals surface area contributed by atoms with Crippen molar-refractivity contribution in [2.24, 2.45) is 4.99 Å². The van der Waals surface area contributed by atoms with Crippen LogP contribution in [0.3, 0.4) is 0 Å². The molecule has 2 aliphatic rings. The van der Waals surface area contributed by atoms with E-state index in [9.17, 15) is 9.59 Å². The third-order valence-electron chi connectivity index (χ3n) is 5.68. The first kappa shape index (κ1) is 22.1. The quantitative estimate of drug-likeness (QED) is 0.495. The molecule has 0 spiro atoms. The molecule has 2 fully saturated rings. The lowest BCUT2D eigenvalue weighted by atomic mass is 10.2. The van der Waals surface area contributed by atoms with E-state index in [2.05, 4.69) is 25.4 Å². The Bertz CT molecular complexity index is 706. The van der Waals surface area contributed by atoms with Crippen LogP contribution in [0.2, 0.25) is 0 Å². The van der Waals surface area contributed by atoms with Gasteiger partial charge in [-0.1, -0.05) is 0 Å². The Morgan fingerprint density at radius 3 is 2.47 bits per heavy atom. The first-order chi connectivity index (χ1) is 14.6. The average Bonchev–Trinajstić information content (AvgIpc) is 3.48. The van der Waals surface area contributed by atoms with E-state index >= 15 is 0 Å². The van der Waals surface area contributed by atoms with Crippen molar-refractivity contribution in [2.45, 2.75) is 39.3 Å². The van der Waals surface area contributed by atoms with Crippen molar-refractivity contribution in [2.75, 3.05) is 52.4 Å². The lowest BCUT2D eigenvalue weighted by Crippen LogP contribution is -2.57. The predicted octanol–water partition coefficient (Wildman–Crippen LogP) is 0.490. The highest BCUT2D eigenvalue weighted by Crippen LogP contribution is 2.14. The van der Waals surface area contributed by atoms with Crippen LogP contribution in [0, 0.1) is 0 Å². The van der Waals surface area contributed by atoms with E-state index in [1.807, 2.05) is 24.8 Å². The summed E-state index contributed by atoms with van der Waals surface area (Å²) < 4.78 is 5.22. The summed E-state index contributed by atoms with van der Waals surface area (Å²) in [5.41, 5.74) is 0. The van der Waals surface area contributed by atoms with Crippen LogP contribution in [0.15, 0.2) is 27.8 Å². The molecule has 1 aromatic heterocycles. The molecule has 9 nitrogen and oxygen atoms in total. The fourth-order valence-electron chi connectivity index (χ4n) is 3.91. The van der Waals surface area contributed by atoms with Crippen LogP contribution in [0.5, 0.6) is 0 Å². The van der Waals surface area contributed by atoms with Crippen molar-refractivity contribution >= 4 is 17.8 Å². The average molecular weight is 419 g/mol. The molecule has 0 aromatic carbocycles. The standard InChI is InChI=1S/C21H34N6O3/c1-3-22-21(24-16-19(28)23-15-18-7-6-14-30-18)27-12-10-25(11-13-27)17(2)20(29)26-8-4-5-9-26/h6-7,14,17H,3-5,8-13,15-16H2,1-2H3,(H,22,24)(H,23,28). The van der Waals surface area contributed by atoms with Gasteiger partial charge in [0.05, 0.1) is 18.8 Å². The van der Waals surface area contributed by atoms with Gasteiger partial charge in [0.1, 0.15) is 12.3 Å². The van der Waals surface area contributed by atoms with E-state index < -0.39 is 0 Å². The number of hydrogen-bond acceptors (Lipinski definition) is 5. The molecule has 2 saturated heterocycles. The van der Waals surface area contributed by atoms with Crippen molar-refractivity contribution < 1.29 is 14.0 Å². The predicted molar refractivity (Wildman–Crippen MR) is 115 cm³/mol. The molecule has 9 heteroatoms. The lowest BCUT2D eigenvalue weighted by molar-refractivity contribution is -0.135. The van der Waals surface area contributed by atoms with Gasteiger partial charge in [0.2, 0.25) is 11.8 Å².